The lowest BCUT2D eigenvalue weighted by Gasteiger charge is -2.15. The molecule has 0 aliphatic carbocycles. The van der Waals surface area contributed by atoms with Crippen molar-refractivity contribution in [2.45, 2.75) is 175 Å². The van der Waals surface area contributed by atoms with E-state index in [-0.39, 0.29) is 12.1 Å². The monoisotopic (exact) mass is 683 g/mol. The predicted octanol–water partition coefficient (Wildman–Crippen LogP) is 15.0. The van der Waals surface area contributed by atoms with Crippen LogP contribution in [0.5, 0.6) is 5.75 Å². The molecule has 0 saturated heterocycles. The highest BCUT2D eigenvalue weighted by atomic mass is 16.5. The van der Waals surface area contributed by atoms with Crippen molar-refractivity contribution >= 4 is 5.97 Å². The van der Waals surface area contributed by atoms with Crippen molar-refractivity contribution in [3.05, 3.63) is 78.4 Å². The number of esters is 1. The van der Waals surface area contributed by atoms with Gasteiger partial charge in [0.25, 0.3) is 0 Å². The zero-order valence-electron chi connectivity index (χ0n) is 32.2. The molecule has 0 amide bonds. The van der Waals surface area contributed by atoms with Crippen LogP contribution in [-0.4, -0.2) is 12.6 Å². The summed E-state index contributed by atoms with van der Waals surface area (Å²) in [5.41, 5.74) is 5.74. The molecule has 3 heteroatoms. The highest BCUT2D eigenvalue weighted by Gasteiger charge is 2.13. The Bertz CT molecular complexity index is 1260. The van der Waals surface area contributed by atoms with E-state index in [1.165, 1.54) is 139 Å². The second-order valence-corrected chi connectivity index (χ2v) is 14.5. The molecule has 0 saturated carbocycles. The van der Waals surface area contributed by atoms with Crippen LogP contribution in [-0.2, 0) is 9.53 Å². The first-order valence-electron chi connectivity index (χ1n) is 20.7. The average Bonchev–Trinajstić information content (AvgIpc) is 3.14. The van der Waals surface area contributed by atoms with Crippen LogP contribution in [0.2, 0.25) is 0 Å². The van der Waals surface area contributed by atoms with Crippen molar-refractivity contribution in [2.75, 3.05) is 6.61 Å². The van der Waals surface area contributed by atoms with Crippen molar-refractivity contribution < 1.29 is 14.3 Å². The molecule has 0 heterocycles. The second-order valence-electron chi connectivity index (χ2n) is 14.5. The quantitative estimate of drug-likeness (QED) is 0.0540. The van der Waals surface area contributed by atoms with E-state index in [9.17, 15) is 4.79 Å². The first-order valence-corrected chi connectivity index (χ1v) is 20.7. The minimum absolute atomic E-state index is 0.0880. The van der Waals surface area contributed by atoms with Gasteiger partial charge in [0.05, 0.1) is 6.61 Å². The number of carbonyl (C=O) groups is 1. The van der Waals surface area contributed by atoms with Gasteiger partial charge in [0.15, 0.2) is 0 Å². The molecule has 3 nitrogen and oxygen atoms in total. The van der Waals surface area contributed by atoms with Crippen LogP contribution in [0.25, 0.3) is 22.3 Å². The molecular formula is C47H70O3. The molecule has 0 bridgehead atoms. The number of carbonyl (C=O) groups excluding carboxylic acids is 1. The van der Waals surface area contributed by atoms with Crippen molar-refractivity contribution in [1.29, 1.82) is 0 Å². The van der Waals surface area contributed by atoms with Gasteiger partial charge in [0.1, 0.15) is 11.9 Å². The van der Waals surface area contributed by atoms with E-state index in [1.807, 2.05) is 6.92 Å². The van der Waals surface area contributed by atoms with E-state index in [4.69, 9.17) is 9.47 Å². The largest absolute Gasteiger partial charge is 0.494 e. The first kappa shape index (κ1) is 41.4. The zero-order valence-corrected chi connectivity index (χ0v) is 32.2. The summed E-state index contributed by atoms with van der Waals surface area (Å²) in [6.07, 6.45) is 29.1. The fourth-order valence-corrected chi connectivity index (χ4v) is 6.86. The van der Waals surface area contributed by atoms with Gasteiger partial charge in [-0.05, 0) is 59.7 Å². The Kier molecular flexibility index (Phi) is 22.1. The van der Waals surface area contributed by atoms with Crippen LogP contribution in [0.3, 0.4) is 0 Å². The maximum Gasteiger partial charge on any atom is 0.306 e. The van der Waals surface area contributed by atoms with Gasteiger partial charge in [0, 0.05) is 6.42 Å². The van der Waals surface area contributed by atoms with Gasteiger partial charge >= 0.3 is 5.97 Å². The average molecular weight is 683 g/mol. The van der Waals surface area contributed by atoms with Crippen molar-refractivity contribution in [3.63, 3.8) is 0 Å². The highest BCUT2D eigenvalue weighted by molar-refractivity contribution is 5.83. The summed E-state index contributed by atoms with van der Waals surface area (Å²) < 4.78 is 11.9. The number of unbranched alkanes of at least 4 members (excludes halogenated alkanes) is 20. The smallest absolute Gasteiger partial charge is 0.306 e. The molecule has 0 aliphatic heterocycles. The lowest BCUT2D eigenvalue weighted by Crippen LogP contribution is -2.08. The maximum absolute atomic E-state index is 12.5. The van der Waals surface area contributed by atoms with Crippen LogP contribution in [0.15, 0.2) is 72.8 Å². The van der Waals surface area contributed by atoms with Crippen LogP contribution < -0.4 is 4.74 Å². The number of hydrogen-bond donors (Lipinski definition) is 0. The Morgan fingerprint density at radius 3 is 1.36 bits per heavy atom. The summed E-state index contributed by atoms with van der Waals surface area (Å²) in [4.78, 5) is 12.5. The lowest BCUT2D eigenvalue weighted by atomic mass is 9.93. The highest BCUT2D eigenvalue weighted by Crippen LogP contribution is 2.34. The summed E-state index contributed by atoms with van der Waals surface area (Å²) in [5, 5.41) is 0. The van der Waals surface area contributed by atoms with Crippen molar-refractivity contribution in [2.24, 2.45) is 0 Å². The summed E-state index contributed by atoms with van der Waals surface area (Å²) >= 11 is 0. The Balaban J connectivity index is 1.35. The van der Waals surface area contributed by atoms with E-state index >= 15 is 0 Å². The SMILES string of the molecule is CCCCCCCCCCCCCCC(=O)OC(C)c1ccc(-c2ccccc2-c2ccc(OCCCCCCCCCCCC)cc2)cc1. The molecule has 0 spiro atoms. The summed E-state index contributed by atoms with van der Waals surface area (Å²) in [6, 6.07) is 25.6. The van der Waals surface area contributed by atoms with Crippen molar-refractivity contribution in [3.8, 4) is 28.0 Å². The molecule has 3 aromatic carbocycles. The minimum atomic E-state index is -0.253. The zero-order chi connectivity index (χ0) is 35.5. The number of rotatable bonds is 29. The number of hydrogen-bond acceptors (Lipinski definition) is 3. The van der Waals surface area contributed by atoms with Gasteiger partial charge in [-0.2, -0.15) is 0 Å². The van der Waals surface area contributed by atoms with E-state index in [0.717, 1.165) is 42.7 Å². The molecule has 1 atom stereocenters. The standard InChI is InChI=1S/C47H70O3/c1-4-6-8-10-12-14-16-17-18-20-22-24-30-47(48)50-40(3)41-31-33-42(34-32-41)45-28-25-26-29-46(45)43-35-37-44(38-36-43)49-39-27-23-21-19-15-13-11-9-7-5-2/h25-26,28-29,31-38,40H,4-24,27,30,39H2,1-3H3. The van der Waals surface area contributed by atoms with Crippen LogP contribution in [0.1, 0.15) is 180 Å². The second kappa shape index (κ2) is 26.7. The molecule has 276 valence electrons. The Morgan fingerprint density at radius 2 is 0.900 bits per heavy atom. The van der Waals surface area contributed by atoms with Gasteiger partial charge in [-0.1, -0.05) is 203 Å². The molecule has 3 aromatic rings. The summed E-state index contributed by atoms with van der Waals surface area (Å²) in [6.45, 7) is 7.31. The third-order valence-corrected chi connectivity index (χ3v) is 10.1. The van der Waals surface area contributed by atoms with Crippen LogP contribution >= 0.6 is 0 Å². The van der Waals surface area contributed by atoms with Gasteiger partial charge in [-0.15, -0.1) is 0 Å². The van der Waals surface area contributed by atoms with E-state index < -0.39 is 0 Å². The van der Waals surface area contributed by atoms with Gasteiger partial charge in [0.2, 0.25) is 0 Å². The minimum Gasteiger partial charge on any atom is -0.494 e. The molecule has 3 rings (SSSR count). The first-order chi connectivity index (χ1) is 24.6. The van der Waals surface area contributed by atoms with Crippen LogP contribution in [0.4, 0.5) is 0 Å². The molecule has 0 radical (unpaired) electrons. The summed E-state index contributed by atoms with van der Waals surface area (Å²) in [5.74, 6) is 0.851. The molecule has 0 aliphatic rings. The molecular weight excluding hydrogens is 613 g/mol. The Morgan fingerprint density at radius 1 is 0.500 bits per heavy atom. The predicted molar refractivity (Wildman–Crippen MR) is 215 cm³/mol. The molecule has 50 heavy (non-hydrogen) atoms. The van der Waals surface area contributed by atoms with Gasteiger partial charge < -0.3 is 9.47 Å². The fourth-order valence-electron chi connectivity index (χ4n) is 6.86. The van der Waals surface area contributed by atoms with E-state index in [0.29, 0.717) is 6.42 Å². The topological polar surface area (TPSA) is 35.5 Å². The van der Waals surface area contributed by atoms with Gasteiger partial charge in [-0.3, -0.25) is 4.79 Å². The normalized spacial score (nSPS) is 11.8. The Labute approximate surface area is 307 Å². The van der Waals surface area contributed by atoms with E-state index in [1.54, 1.807) is 0 Å². The number of ether oxygens (including phenoxy) is 2. The molecule has 0 fully saturated rings. The Hall–Kier alpha value is -3.07. The fraction of sp³-hybridized carbons (Fsp3) is 0.596. The third kappa shape index (κ3) is 17.2. The maximum atomic E-state index is 12.5. The summed E-state index contributed by atoms with van der Waals surface area (Å²) in [7, 11) is 0. The van der Waals surface area contributed by atoms with Crippen molar-refractivity contribution in [1.82, 2.24) is 0 Å². The number of benzene rings is 3. The molecule has 0 N–H and O–H groups in total. The molecule has 1 unspecified atom stereocenters. The molecule has 0 aromatic heterocycles. The lowest BCUT2D eigenvalue weighted by molar-refractivity contribution is -0.148. The third-order valence-electron chi connectivity index (χ3n) is 10.1. The van der Waals surface area contributed by atoms with E-state index in [2.05, 4.69) is 86.6 Å². The van der Waals surface area contributed by atoms with Crippen LogP contribution in [0, 0.1) is 0 Å². The van der Waals surface area contributed by atoms with Gasteiger partial charge in [-0.25, -0.2) is 0 Å².